The fourth-order valence-corrected chi connectivity index (χ4v) is 1.79. The molecular formula is C14H13ClFNO2. The Balaban J connectivity index is 2.04. The number of benzene rings is 2. The van der Waals surface area contributed by atoms with E-state index in [0.717, 1.165) is 0 Å². The number of ether oxygens (including phenoxy) is 1. The predicted octanol–water partition coefficient (Wildman–Crippen LogP) is 3.17. The lowest BCUT2D eigenvalue weighted by Crippen LogP contribution is -2.10. The van der Waals surface area contributed by atoms with Crippen molar-refractivity contribution >= 4 is 17.3 Å². The summed E-state index contributed by atoms with van der Waals surface area (Å²) in [5, 5.41) is 9.91. The minimum Gasteiger partial charge on any atom is -0.487 e. The maximum absolute atomic E-state index is 13.6. The molecule has 0 saturated carbocycles. The van der Waals surface area contributed by atoms with Crippen LogP contribution in [-0.2, 0) is 0 Å². The first-order chi connectivity index (χ1) is 9.08. The molecule has 0 amide bonds. The molecule has 3 nitrogen and oxygen atoms in total. The molecule has 0 aromatic heterocycles. The van der Waals surface area contributed by atoms with Crippen molar-refractivity contribution in [3.8, 4) is 5.75 Å². The number of hydrogen-bond acceptors (Lipinski definition) is 3. The van der Waals surface area contributed by atoms with Crippen molar-refractivity contribution in [2.75, 3.05) is 12.3 Å². The van der Waals surface area contributed by atoms with Crippen LogP contribution in [0, 0.1) is 5.82 Å². The van der Waals surface area contributed by atoms with E-state index in [9.17, 15) is 9.50 Å². The van der Waals surface area contributed by atoms with Crippen molar-refractivity contribution in [2.45, 2.75) is 6.10 Å². The van der Waals surface area contributed by atoms with Gasteiger partial charge in [0, 0.05) is 5.69 Å². The summed E-state index contributed by atoms with van der Waals surface area (Å²) in [4.78, 5) is 0. The van der Waals surface area contributed by atoms with Gasteiger partial charge in [-0.1, -0.05) is 29.8 Å². The Morgan fingerprint density at radius 1 is 1.26 bits per heavy atom. The van der Waals surface area contributed by atoms with Gasteiger partial charge in [0.25, 0.3) is 0 Å². The quantitative estimate of drug-likeness (QED) is 0.846. The second-order valence-corrected chi connectivity index (χ2v) is 4.46. The van der Waals surface area contributed by atoms with Gasteiger partial charge in [0.2, 0.25) is 0 Å². The van der Waals surface area contributed by atoms with Gasteiger partial charge in [-0.25, -0.2) is 4.39 Å². The van der Waals surface area contributed by atoms with E-state index in [2.05, 4.69) is 0 Å². The number of aliphatic hydroxyl groups excluding tert-OH is 1. The van der Waals surface area contributed by atoms with E-state index in [-0.39, 0.29) is 17.4 Å². The Bertz CT molecular complexity index is 577. The van der Waals surface area contributed by atoms with Crippen LogP contribution in [0.3, 0.4) is 0 Å². The second kappa shape index (κ2) is 5.91. The predicted molar refractivity (Wildman–Crippen MR) is 72.7 cm³/mol. The first kappa shape index (κ1) is 13.6. The third-order valence-corrected chi connectivity index (χ3v) is 2.90. The maximum atomic E-state index is 13.6. The highest BCUT2D eigenvalue weighted by Crippen LogP contribution is 2.25. The van der Waals surface area contributed by atoms with Gasteiger partial charge in [0.05, 0.1) is 5.02 Å². The van der Waals surface area contributed by atoms with E-state index in [1.54, 1.807) is 30.3 Å². The molecule has 0 heterocycles. The molecule has 2 aromatic rings. The minimum absolute atomic E-state index is 0.00968. The number of nitrogen functional groups attached to an aromatic ring is 1. The molecule has 2 rings (SSSR count). The van der Waals surface area contributed by atoms with Crippen LogP contribution in [0.25, 0.3) is 0 Å². The van der Waals surface area contributed by atoms with Crippen LogP contribution in [-0.4, -0.2) is 11.7 Å². The lowest BCUT2D eigenvalue weighted by Gasteiger charge is -2.13. The highest BCUT2D eigenvalue weighted by molar-refractivity contribution is 6.30. The van der Waals surface area contributed by atoms with Crippen LogP contribution in [0.1, 0.15) is 11.7 Å². The molecule has 0 bridgehead atoms. The first-order valence-electron chi connectivity index (χ1n) is 5.68. The highest BCUT2D eigenvalue weighted by atomic mass is 35.5. The van der Waals surface area contributed by atoms with Crippen LogP contribution in [0.5, 0.6) is 5.75 Å². The van der Waals surface area contributed by atoms with Gasteiger partial charge in [-0.15, -0.1) is 0 Å². The molecule has 3 N–H and O–H groups in total. The van der Waals surface area contributed by atoms with Crippen molar-refractivity contribution in [1.29, 1.82) is 0 Å². The fraction of sp³-hybridized carbons (Fsp3) is 0.143. The molecule has 0 aliphatic carbocycles. The normalized spacial score (nSPS) is 12.2. The van der Waals surface area contributed by atoms with Gasteiger partial charge in [0.15, 0.2) is 11.6 Å². The summed E-state index contributed by atoms with van der Waals surface area (Å²) in [6.45, 7) is -0.0826. The van der Waals surface area contributed by atoms with Crippen LogP contribution >= 0.6 is 11.6 Å². The van der Waals surface area contributed by atoms with Gasteiger partial charge in [-0.3, -0.25) is 0 Å². The van der Waals surface area contributed by atoms with E-state index in [1.165, 1.54) is 12.1 Å². The van der Waals surface area contributed by atoms with Gasteiger partial charge >= 0.3 is 0 Å². The Kier molecular flexibility index (Phi) is 4.24. The van der Waals surface area contributed by atoms with E-state index in [0.29, 0.717) is 11.3 Å². The Morgan fingerprint density at radius 2 is 2.00 bits per heavy atom. The zero-order valence-corrected chi connectivity index (χ0v) is 10.8. The lowest BCUT2D eigenvalue weighted by molar-refractivity contribution is 0.106. The molecule has 0 radical (unpaired) electrons. The van der Waals surface area contributed by atoms with Gasteiger partial charge < -0.3 is 15.6 Å². The van der Waals surface area contributed by atoms with Gasteiger partial charge in [-0.2, -0.15) is 0 Å². The molecule has 1 unspecified atom stereocenters. The standard InChI is InChI=1S/C14H13ClFNO2/c15-11-5-2-6-13(14(11)16)19-8-12(18)9-3-1-4-10(17)7-9/h1-7,12,18H,8,17H2. The lowest BCUT2D eigenvalue weighted by atomic mass is 10.1. The third kappa shape index (κ3) is 3.36. The van der Waals surface area contributed by atoms with E-state index < -0.39 is 11.9 Å². The summed E-state index contributed by atoms with van der Waals surface area (Å²) in [5.74, 6) is -0.626. The third-order valence-electron chi connectivity index (χ3n) is 2.61. The van der Waals surface area contributed by atoms with Crippen LogP contribution in [0.2, 0.25) is 5.02 Å². The van der Waals surface area contributed by atoms with Gasteiger partial charge in [0.1, 0.15) is 12.7 Å². The van der Waals surface area contributed by atoms with Crippen LogP contribution in [0.15, 0.2) is 42.5 Å². The Labute approximate surface area is 115 Å². The molecule has 5 heteroatoms. The fourth-order valence-electron chi connectivity index (χ4n) is 1.63. The topological polar surface area (TPSA) is 55.5 Å². The largest absolute Gasteiger partial charge is 0.487 e. The molecule has 100 valence electrons. The highest BCUT2D eigenvalue weighted by Gasteiger charge is 2.12. The molecule has 1 atom stereocenters. The summed E-state index contributed by atoms with van der Waals surface area (Å²) >= 11 is 5.63. The number of anilines is 1. The number of rotatable bonds is 4. The number of halogens is 2. The zero-order valence-electron chi connectivity index (χ0n) is 10.0. The maximum Gasteiger partial charge on any atom is 0.183 e. The second-order valence-electron chi connectivity index (χ2n) is 4.05. The summed E-state index contributed by atoms with van der Waals surface area (Å²) in [7, 11) is 0. The van der Waals surface area contributed by atoms with E-state index in [1.807, 2.05) is 0 Å². The van der Waals surface area contributed by atoms with Crippen LogP contribution < -0.4 is 10.5 Å². The van der Waals surface area contributed by atoms with E-state index in [4.69, 9.17) is 22.1 Å². The Hall–Kier alpha value is -1.78. The number of nitrogens with two attached hydrogens (primary N) is 1. The molecule has 0 saturated heterocycles. The molecular weight excluding hydrogens is 269 g/mol. The van der Waals surface area contributed by atoms with Crippen molar-refractivity contribution in [3.63, 3.8) is 0 Å². The Morgan fingerprint density at radius 3 is 2.74 bits per heavy atom. The minimum atomic E-state index is -0.887. The van der Waals surface area contributed by atoms with Crippen LogP contribution in [0.4, 0.5) is 10.1 Å². The number of hydrogen-bond donors (Lipinski definition) is 2. The zero-order chi connectivity index (χ0) is 13.8. The van der Waals surface area contributed by atoms with E-state index >= 15 is 0 Å². The summed E-state index contributed by atoms with van der Waals surface area (Å²) < 4.78 is 18.8. The summed E-state index contributed by atoms with van der Waals surface area (Å²) in [6.07, 6.45) is -0.887. The summed E-state index contributed by atoms with van der Waals surface area (Å²) in [6, 6.07) is 11.3. The average Bonchev–Trinajstić information content (AvgIpc) is 2.40. The number of aliphatic hydroxyl groups is 1. The summed E-state index contributed by atoms with van der Waals surface area (Å²) in [5.41, 5.74) is 6.78. The monoisotopic (exact) mass is 281 g/mol. The SMILES string of the molecule is Nc1cccc(C(O)COc2cccc(Cl)c2F)c1. The molecule has 0 aliphatic rings. The molecule has 19 heavy (non-hydrogen) atoms. The van der Waals surface area contributed by atoms with Crippen molar-refractivity contribution < 1.29 is 14.2 Å². The molecule has 0 aliphatic heterocycles. The molecule has 2 aromatic carbocycles. The molecule has 0 spiro atoms. The van der Waals surface area contributed by atoms with Crippen molar-refractivity contribution in [3.05, 3.63) is 58.9 Å². The van der Waals surface area contributed by atoms with Crippen molar-refractivity contribution in [1.82, 2.24) is 0 Å². The smallest absolute Gasteiger partial charge is 0.183 e. The van der Waals surface area contributed by atoms with Crippen molar-refractivity contribution in [2.24, 2.45) is 0 Å². The first-order valence-corrected chi connectivity index (χ1v) is 6.06. The molecule has 0 fully saturated rings. The average molecular weight is 282 g/mol. The van der Waals surface area contributed by atoms with Gasteiger partial charge in [-0.05, 0) is 29.8 Å².